The first kappa shape index (κ1) is 31.1. The minimum absolute atomic E-state index is 0.00910. The first-order chi connectivity index (χ1) is 18.9. The summed E-state index contributed by atoms with van der Waals surface area (Å²) in [4.78, 5) is 16.2. The Labute approximate surface area is 252 Å². The lowest BCUT2D eigenvalue weighted by Crippen LogP contribution is -2.45. The summed E-state index contributed by atoms with van der Waals surface area (Å²) in [5.41, 5.74) is 3.39. The Bertz CT molecular complexity index is 1290. The van der Waals surface area contributed by atoms with Crippen molar-refractivity contribution in [2.24, 2.45) is 5.92 Å². The molecule has 1 N–H and O–H groups in total. The van der Waals surface area contributed by atoms with Gasteiger partial charge in [0, 0.05) is 52.9 Å². The molecule has 1 aromatic heterocycles. The number of hydrogen-bond donors (Lipinski definition) is 1. The van der Waals surface area contributed by atoms with Gasteiger partial charge in [0.15, 0.2) is 5.60 Å². The highest BCUT2D eigenvalue weighted by Crippen LogP contribution is 2.60. The Balaban J connectivity index is 1.64. The summed E-state index contributed by atoms with van der Waals surface area (Å²) in [5.74, 6) is -0.413. The van der Waals surface area contributed by atoms with E-state index in [-0.39, 0.29) is 24.0 Å². The van der Waals surface area contributed by atoms with Crippen LogP contribution in [-0.4, -0.2) is 53.7 Å². The highest BCUT2D eigenvalue weighted by molar-refractivity contribution is 14.1. The van der Waals surface area contributed by atoms with Gasteiger partial charge in [-0.1, -0.05) is 35.4 Å². The maximum absolute atomic E-state index is 16.0. The Morgan fingerprint density at radius 1 is 1.27 bits per heavy atom. The fourth-order valence-electron chi connectivity index (χ4n) is 6.34. The number of allylic oxidation sites excluding steroid dienone is 3. The van der Waals surface area contributed by atoms with Crippen molar-refractivity contribution >= 4 is 42.6 Å². The molecule has 1 fully saturated rings. The predicted octanol–water partition coefficient (Wildman–Crippen LogP) is 6.32. The van der Waals surface area contributed by atoms with Crippen LogP contribution in [0.1, 0.15) is 58.2 Å². The lowest BCUT2D eigenvalue weighted by molar-refractivity contribution is -0.145. The zero-order valence-corrected chi connectivity index (χ0v) is 27.6. The van der Waals surface area contributed by atoms with E-state index in [1.54, 1.807) is 17.8 Å². The average molecular weight is 681 g/mol. The molecule has 218 valence electrons. The first-order valence-corrected chi connectivity index (χ1v) is 18.2. The lowest BCUT2D eigenvalue weighted by atomic mass is 9.82. The molecule has 7 nitrogen and oxygen atoms in total. The molecule has 40 heavy (non-hydrogen) atoms. The van der Waals surface area contributed by atoms with Crippen LogP contribution in [0.25, 0.3) is 0 Å². The second-order valence-corrected chi connectivity index (χ2v) is 17.0. The number of hydrogen-bond acceptors (Lipinski definition) is 5. The summed E-state index contributed by atoms with van der Waals surface area (Å²) in [7, 11) is -3.23. The van der Waals surface area contributed by atoms with E-state index in [0.717, 1.165) is 27.7 Å². The van der Waals surface area contributed by atoms with Crippen LogP contribution in [0.2, 0.25) is 18.6 Å². The smallest absolute Gasteiger partial charge is 0.264 e. The van der Waals surface area contributed by atoms with Crippen LogP contribution >= 0.6 is 22.6 Å². The number of halogens is 2. The number of ether oxygens (including phenoxy) is 1. The molecular weight excluding hydrogens is 638 g/mol. The first-order valence-electron chi connectivity index (χ1n) is 14.2. The second-order valence-electron chi connectivity index (χ2n) is 12.0. The SMILES string of the molecule is CC(C)=CCC/C(C)=C/CN1C(=O)[C@@]2(O[C@@H](CCn3cc(CCO)nn3)[C@H]([Si](C)(C)F)[C@H]2C)c2cc(I)ccc21. The molecule has 0 bridgehead atoms. The number of aromatic nitrogens is 3. The fourth-order valence-corrected chi connectivity index (χ4v) is 9.38. The fraction of sp³-hybridized carbons (Fsp3) is 0.567. The van der Waals surface area contributed by atoms with Gasteiger partial charge in [-0.2, -0.15) is 0 Å². The van der Waals surface area contributed by atoms with Crippen molar-refractivity contribution in [3.63, 3.8) is 0 Å². The van der Waals surface area contributed by atoms with Gasteiger partial charge in [-0.05, 0) is 93.9 Å². The second kappa shape index (κ2) is 12.5. The third-order valence-electron chi connectivity index (χ3n) is 8.23. The van der Waals surface area contributed by atoms with Crippen molar-refractivity contribution in [1.29, 1.82) is 0 Å². The van der Waals surface area contributed by atoms with Gasteiger partial charge in [0.05, 0.1) is 17.5 Å². The number of fused-ring (bicyclic) bond motifs is 2. The topological polar surface area (TPSA) is 80.5 Å². The van der Waals surface area contributed by atoms with Gasteiger partial charge < -0.3 is 18.9 Å². The van der Waals surface area contributed by atoms with Crippen molar-refractivity contribution in [2.75, 3.05) is 18.1 Å². The van der Waals surface area contributed by atoms with Crippen LogP contribution < -0.4 is 4.90 Å². The van der Waals surface area contributed by atoms with Crippen LogP contribution in [0.15, 0.2) is 47.7 Å². The number of carbonyl (C=O) groups excluding carboxylic acids is 1. The van der Waals surface area contributed by atoms with E-state index in [9.17, 15) is 9.90 Å². The van der Waals surface area contributed by atoms with Crippen molar-refractivity contribution in [2.45, 2.75) is 90.3 Å². The largest absolute Gasteiger partial charge is 0.396 e. The molecule has 1 aromatic carbocycles. The molecule has 4 atom stereocenters. The van der Waals surface area contributed by atoms with Crippen molar-refractivity contribution in [3.05, 3.63) is 62.5 Å². The van der Waals surface area contributed by atoms with Crippen LogP contribution in [0.4, 0.5) is 9.80 Å². The van der Waals surface area contributed by atoms with Gasteiger partial charge in [0.25, 0.3) is 5.91 Å². The summed E-state index contributed by atoms with van der Waals surface area (Å²) < 4.78 is 25.6. The van der Waals surface area contributed by atoms with Crippen LogP contribution in [0, 0.1) is 9.49 Å². The van der Waals surface area contributed by atoms with Gasteiger partial charge in [-0.3, -0.25) is 9.48 Å². The standard InChI is InChI=1S/C30H42FIN4O3Si/c1-20(2)8-7-9-21(3)12-16-36-26-11-10-23(32)18-25(26)30(29(36)38)22(4)28(40(5,6)31)27(39-30)13-15-35-19-24(14-17-37)33-34-35/h8,10-12,18-19,22,27-28,37H,7,9,13-17H2,1-6H3/b21-12+/t22-,27+,28-,30+/m1/s1. The summed E-state index contributed by atoms with van der Waals surface area (Å²) in [6.07, 6.45) is 8.63. The molecule has 4 rings (SSSR count). The zero-order chi connectivity index (χ0) is 29.2. The minimum Gasteiger partial charge on any atom is -0.396 e. The average Bonchev–Trinajstić information content (AvgIpc) is 3.51. The molecule has 0 radical (unpaired) electrons. The Kier molecular flexibility index (Phi) is 9.74. The number of aliphatic hydroxyl groups excluding tert-OH is 1. The monoisotopic (exact) mass is 680 g/mol. The quantitative estimate of drug-likeness (QED) is 0.130. The van der Waals surface area contributed by atoms with E-state index < -0.39 is 20.1 Å². The summed E-state index contributed by atoms with van der Waals surface area (Å²) in [6, 6.07) is 6.06. The Morgan fingerprint density at radius 3 is 2.70 bits per heavy atom. The number of nitrogens with zero attached hydrogens (tertiary/aromatic N) is 4. The van der Waals surface area contributed by atoms with Gasteiger partial charge >= 0.3 is 0 Å². The van der Waals surface area contributed by atoms with Crippen LogP contribution in [-0.2, 0) is 28.1 Å². The van der Waals surface area contributed by atoms with Gasteiger partial charge in [-0.15, -0.1) is 5.10 Å². The number of carbonyl (C=O) groups is 1. The molecule has 2 aliphatic rings. The van der Waals surface area contributed by atoms with Crippen molar-refractivity contribution < 1.29 is 18.7 Å². The molecule has 1 amide bonds. The molecule has 1 saturated heterocycles. The minimum atomic E-state index is -3.23. The number of aryl methyl sites for hydroxylation is 1. The van der Waals surface area contributed by atoms with E-state index in [2.05, 4.69) is 65.8 Å². The van der Waals surface area contributed by atoms with Crippen molar-refractivity contribution in [3.8, 4) is 0 Å². The Morgan fingerprint density at radius 2 is 2.02 bits per heavy atom. The van der Waals surface area contributed by atoms with Crippen LogP contribution in [0.3, 0.4) is 0 Å². The molecule has 2 aliphatic heterocycles. The molecule has 3 heterocycles. The summed E-state index contributed by atoms with van der Waals surface area (Å²) in [5, 5.41) is 17.5. The maximum atomic E-state index is 16.0. The number of anilines is 1. The van der Waals surface area contributed by atoms with Crippen LogP contribution in [0.5, 0.6) is 0 Å². The molecular formula is C30H42FIN4O3Si. The number of aliphatic hydroxyl groups is 1. The molecule has 2 aromatic rings. The van der Waals surface area contributed by atoms with E-state index in [0.29, 0.717) is 31.6 Å². The molecule has 1 spiro atoms. The van der Waals surface area contributed by atoms with Gasteiger partial charge in [-0.25, -0.2) is 0 Å². The maximum Gasteiger partial charge on any atom is 0.264 e. The van der Waals surface area contributed by atoms with E-state index in [1.807, 2.05) is 36.2 Å². The van der Waals surface area contributed by atoms with E-state index >= 15 is 4.11 Å². The normalized spacial score (nSPS) is 24.7. The van der Waals surface area contributed by atoms with Gasteiger partial charge in [0.2, 0.25) is 8.41 Å². The third kappa shape index (κ3) is 6.29. The molecule has 0 saturated carbocycles. The number of rotatable bonds is 11. The molecule has 10 heteroatoms. The zero-order valence-electron chi connectivity index (χ0n) is 24.5. The van der Waals surface area contributed by atoms with E-state index in [4.69, 9.17) is 4.74 Å². The molecule has 0 aliphatic carbocycles. The lowest BCUT2D eigenvalue weighted by Gasteiger charge is -2.31. The number of benzene rings is 1. The summed E-state index contributed by atoms with van der Waals surface area (Å²) in [6.45, 7) is 12.7. The third-order valence-corrected chi connectivity index (χ3v) is 11.4. The van der Waals surface area contributed by atoms with E-state index in [1.165, 1.54) is 11.1 Å². The summed E-state index contributed by atoms with van der Waals surface area (Å²) >= 11 is 2.27. The molecule has 0 unspecified atom stereocenters. The highest BCUT2D eigenvalue weighted by Gasteiger charge is 2.66. The predicted molar refractivity (Wildman–Crippen MR) is 167 cm³/mol. The van der Waals surface area contributed by atoms with Crippen molar-refractivity contribution in [1.82, 2.24) is 15.0 Å². The number of amides is 1. The van der Waals surface area contributed by atoms with Gasteiger partial charge in [0.1, 0.15) is 0 Å². The Hall–Kier alpha value is -1.89. The highest BCUT2D eigenvalue weighted by atomic mass is 127.